The van der Waals surface area contributed by atoms with Gasteiger partial charge in [0.2, 0.25) is 0 Å². The molecule has 2 aromatic rings. The lowest BCUT2D eigenvalue weighted by Gasteiger charge is -2.22. The number of halogens is 4. The smallest absolute Gasteiger partial charge is 0.357 e. The number of aliphatic imine (C=N–C) groups is 1. The zero-order chi connectivity index (χ0) is 18.6. The second-order valence-electron chi connectivity index (χ2n) is 5.41. The molecule has 0 saturated heterocycles. The van der Waals surface area contributed by atoms with Crippen LogP contribution in [0, 0.1) is 0 Å². The minimum atomic E-state index is -4.43. The fourth-order valence-electron chi connectivity index (χ4n) is 2.17. The number of nitrogens with one attached hydrogen (secondary N) is 1. The van der Waals surface area contributed by atoms with Crippen LogP contribution < -0.4 is 5.32 Å². The third kappa shape index (κ3) is 5.37. The van der Waals surface area contributed by atoms with E-state index in [0.29, 0.717) is 29.1 Å². The molecule has 0 fully saturated rings. The summed E-state index contributed by atoms with van der Waals surface area (Å²) in [6.07, 6.45) is -2.62. The van der Waals surface area contributed by atoms with Crippen molar-refractivity contribution in [2.75, 3.05) is 13.6 Å². The first-order chi connectivity index (χ1) is 11.7. The molecule has 2 aromatic heterocycles. The normalized spacial score (nSPS) is 12.5. The Balaban J connectivity index is 2.09. The van der Waals surface area contributed by atoms with Gasteiger partial charge in [0.05, 0.1) is 18.1 Å². The molecule has 0 aromatic carbocycles. The van der Waals surface area contributed by atoms with E-state index in [1.54, 1.807) is 0 Å². The van der Waals surface area contributed by atoms with Gasteiger partial charge in [-0.3, -0.25) is 0 Å². The van der Waals surface area contributed by atoms with Crippen molar-refractivity contribution in [1.29, 1.82) is 0 Å². The van der Waals surface area contributed by atoms with Gasteiger partial charge >= 0.3 is 6.18 Å². The Morgan fingerprint density at radius 3 is 2.72 bits per heavy atom. The maximum Gasteiger partial charge on any atom is 0.434 e. The highest BCUT2D eigenvalue weighted by Crippen LogP contribution is 2.30. The quantitative estimate of drug-likeness (QED) is 0.621. The Kier molecular flexibility index (Phi) is 6.34. The van der Waals surface area contributed by atoms with Gasteiger partial charge in [-0.25, -0.2) is 9.98 Å². The molecule has 1 N–H and O–H groups in total. The van der Waals surface area contributed by atoms with E-state index in [4.69, 9.17) is 11.6 Å². The van der Waals surface area contributed by atoms with Crippen molar-refractivity contribution in [3.8, 4) is 0 Å². The van der Waals surface area contributed by atoms with Crippen LogP contribution in [0.2, 0.25) is 5.02 Å². The van der Waals surface area contributed by atoms with Crippen LogP contribution in [0.25, 0.3) is 0 Å². The summed E-state index contributed by atoms with van der Waals surface area (Å²) in [5, 5.41) is 5.10. The molecule has 0 atom stereocenters. The Labute approximate surface area is 153 Å². The van der Waals surface area contributed by atoms with E-state index >= 15 is 0 Å². The Hall–Kier alpha value is -1.74. The van der Waals surface area contributed by atoms with E-state index in [-0.39, 0.29) is 6.54 Å². The fourth-order valence-corrected chi connectivity index (χ4v) is 3.16. The van der Waals surface area contributed by atoms with E-state index < -0.39 is 11.9 Å². The summed E-state index contributed by atoms with van der Waals surface area (Å²) in [6, 6.07) is 1.86. The summed E-state index contributed by atoms with van der Waals surface area (Å²) >= 11 is 6.94. The van der Waals surface area contributed by atoms with Crippen LogP contribution in [0.15, 0.2) is 22.6 Å². The molecule has 0 spiro atoms. The first-order valence-electron chi connectivity index (χ1n) is 7.52. The molecule has 10 heteroatoms. The molecule has 0 aliphatic rings. The first kappa shape index (κ1) is 19.6. The molecule has 25 heavy (non-hydrogen) atoms. The second-order valence-corrected chi connectivity index (χ2v) is 6.79. The number of guanidine groups is 1. The summed E-state index contributed by atoms with van der Waals surface area (Å²) < 4.78 is 39.7. The van der Waals surface area contributed by atoms with Gasteiger partial charge in [-0.2, -0.15) is 13.2 Å². The van der Waals surface area contributed by atoms with Gasteiger partial charge in [0.15, 0.2) is 11.7 Å². The van der Waals surface area contributed by atoms with E-state index in [9.17, 15) is 13.2 Å². The van der Waals surface area contributed by atoms with Crippen LogP contribution in [0.1, 0.15) is 23.3 Å². The van der Waals surface area contributed by atoms with Crippen LogP contribution in [0.5, 0.6) is 0 Å². The number of thiazole rings is 1. The molecule has 5 nitrogen and oxygen atoms in total. The monoisotopic (exact) mass is 393 g/mol. The zero-order valence-corrected chi connectivity index (χ0v) is 15.6. The van der Waals surface area contributed by atoms with Crippen LogP contribution in [0.3, 0.4) is 0 Å². The molecule has 0 unspecified atom stereocenters. The van der Waals surface area contributed by atoms with E-state index in [0.717, 1.165) is 22.4 Å². The van der Waals surface area contributed by atoms with Gasteiger partial charge < -0.3 is 14.8 Å². The van der Waals surface area contributed by atoms with Gasteiger partial charge in [-0.05, 0) is 13.0 Å². The number of aromatic nitrogens is 2. The SMILES string of the molecule is CCNC(=NCc1nc(C(F)(F)F)cs1)N(C)Cc1cc(Cl)cn1C. The maximum absolute atomic E-state index is 12.6. The van der Waals surface area contributed by atoms with Crippen molar-refractivity contribution < 1.29 is 13.2 Å². The van der Waals surface area contributed by atoms with Crippen LogP contribution in [-0.4, -0.2) is 34.0 Å². The predicted octanol–water partition coefficient (Wildman–Crippen LogP) is 3.75. The van der Waals surface area contributed by atoms with Crippen molar-refractivity contribution in [1.82, 2.24) is 19.8 Å². The molecule has 138 valence electrons. The van der Waals surface area contributed by atoms with Crippen molar-refractivity contribution in [2.45, 2.75) is 26.2 Å². The van der Waals surface area contributed by atoms with Gasteiger partial charge in [0, 0.05) is 37.9 Å². The zero-order valence-electron chi connectivity index (χ0n) is 14.1. The van der Waals surface area contributed by atoms with Crippen molar-refractivity contribution >= 4 is 28.9 Å². The molecule has 2 rings (SSSR count). The molecular weight excluding hydrogens is 375 g/mol. The molecule has 0 radical (unpaired) electrons. The molecule has 2 heterocycles. The number of aryl methyl sites for hydroxylation is 1. The number of nitrogens with zero attached hydrogens (tertiary/aromatic N) is 4. The van der Waals surface area contributed by atoms with Crippen molar-refractivity contribution in [3.63, 3.8) is 0 Å². The average molecular weight is 394 g/mol. The topological polar surface area (TPSA) is 45.5 Å². The summed E-state index contributed by atoms with van der Waals surface area (Å²) in [7, 11) is 3.75. The van der Waals surface area contributed by atoms with Gasteiger partial charge in [-0.15, -0.1) is 11.3 Å². The lowest BCUT2D eigenvalue weighted by Crippen LogP contribution is -2.38. The Morgan fingerprint density at radius 2 is 2.20 bits per heavy atom. The molecule has 0 amide bonds. The Morgan fingerprint density at radius 1 is 1.48 bits per heavy atom. The summed E-state index contributed by atoms with van der Waals surface area (Å²) in [6.45, 7) is 3.21. The van der Waals surface area contributed by atoms with E-state index in [1.807, 2.05) is 42.7 Å². The fraction of sp³-hybridized carbons (Fsp3) is 0.467. The Bertz CT molecular complexity index is 738. The van der Waals surface area contributed by atoms with E-state index in [1.165, 1.54) is 0 Å². The predicted molar refractivity (Wildman–Crippen MR) is 93.8 cm³/mol. The summed E-state index contributed by atoms with van der Waals surface area (Å²) in [5.74, 6) is 0.587. The highest BCUT2D eigenvalue weighted by Gasteiger charge is 2.33. The van der Waals surface area contributed by atoms with E-state index in [2.05, 4.69) is 15.3 Å². The average Bonchev–Trinajstić information content (AvgIpc) is 3.10. The highest BCUT2D eigenvalue weighted by molar-refractivity contribution is 7.09. The lowest BCUT2D eigenvalue weighted by atomic mass is 10.4. The lowest BCUT2D eigenvalue weighted by molar-refractivity contribution is -0.140. The molecule has 0 bridgehead atoms. The number of rotatable bonds is 5. The van der Waals surface area contributed by atoms with Crippen LogP contribution in [0.4, 0.5) is 13.2 Å². The number of hydrogen-bond donors (Lipinski definition) is 1. The number of hydrogen-bond acceptors (Lipinski definition) is 3. The maximum atomic E-state index is 12.6. The molecule has 0 saturated carbocycles. The minimum Gasteiger partial charge on any atom is -0.357 e. The first-order valence-corrected chi connectivity index (χ1v) is 8.78. The molecular formula is C15H19ClF3N5S. The van der Waals surface area contributed by atoms with Crippen LogP contribution >= 0.6 is 22.9 Å². The van der Waals surface area contributed by atoms with Gasteiger partial charge in [0.25, 0.3) is 0 Å². The largest absolute Gasteiger partial charge is 0.434 e. The summed E-state index contributed by atoms with van der Waals surface area (Å²) in [5.41, 5.74) is 0.117. The summed E-state index contributed by atoms with van der Waals surface area (Å²) in [4.78, 5) is 9.86. The minimum absolute atomic E-state index is 0.0846. The van der Waals surface area contributed by atoms with Crippen LogP contribution in [-0.2, 0) is 26.3 Å². The van der Waals surface area contributed by atoms with Gasteiger partial charge in [-0.1, -0.05) is 11.6 Å². The molecule has 0 aliphatic carbocycles. The second kappa shape index (κ2) is 8.09. The van der Waals surface area contributed by atoms with Crippen molar-refractivity contribution in [3.05, 3.63) is 39.1 Å². The van der Waals surface area contributed by atoms with Crippen molar-refractivity contribution in [2.24, 2.45) is 12.0 Å². The van der Waals surface area contributed by atoms with Gasteiger partial charge in [0.1, 0.15) is 5.01 Å². The number of alkyl halides is 3. The third-order valence-corrected chi connectivity index (χ3v) is 4.42. The highest BCUT2D eigenvalue weighted by atomic mass is 35.5. The standard InChI is InChI=1S/C15H19ClF3N5S/c1-4-20-14(24(3)8-11-5-10(16)7-23(11)2)21-6-13-22-12(9-25-13)15(17,18)19/h5,7,9H,4,6,8H2,1-3H3,(H,20,21). The molecule has 0 aliphatic heterocycles. The third-order valence-electron chi connectivity index (χ3n) is 3.38.